The first kappa shape index (κ1) is 14.9. The van der Waals surface area contributed by atoms with E-state index in [-0.39, 0.29) is 17.9 Å². The van der Waals surface area contributed by atoms with Crippen LogP contribution in [0.25, 0.3) is 0 Å². The smallest absolute Gasteiger partial charge is 0.323 e. The molecule has 1 aromatic rings. The van der Waals surface area contributed by atoms with E-state index < -0.39 is 0 Å². The van der Waals surface area contributed by atoms with Crippen molar-refractivity contribution in [1.82, 2.24) is 9.88 Å². The van der Waals surface area contributed by atoms with E-state index >= 15 is 0 Å². The minimum atomic E-state index is -0.379. The molecule has 6 nitrogen and oxygen atoms in total. The molecule has 0 saturated carbocycles. The molecule has 1 atom stereocenters. The van der Waals surface area contributed by atoms with E-state index in [0.29, 0.717) is 35.4 Å². The fraction of sp³-hybridized carbons (Fsp3) is 0.417. The van der Waals surface area contributed by atoms with Crippen molar-refractivity contribution in [3.63, 3.8) is 0 Å². The molecule has 0 spiro atoms. The number of carbonyl (C=O) groups is 2. The average Bonchev–Trinajstić information content (AvgIpc) is 2.43. The Balaban J connectivity index is 2.00. The second-order valence-electron chi connectivity index (χ2n) is 4.60. The van der Waals surface area contributed by atoms with E-state index in [0.717, 1.165) is 6.42 Å². The zero-order valence-corrected chi connectivity index (χ0v) is 12.1. The Labute approximate surface area is 126 Å². The highest BCUT2D eigenvalue weighted by molar-refractivity contribution is 6.42. The molecule has 3 amide bonds. The monoisotopic (exact) mass is 316 g/mol. The summed E-state index contributed by atoms with van der Waals surface area (Å²) < 4.78 is 0. The number of aromatic nitrogens is 1. The predicted molar refractivity (Wildman–Crippen MR) is 76.8 cm³/mol. The predicted octanol–water partition coefficient (Wildman–Crippen LogP) is 2.12. The molecule has 1 fully saturated rings. The van der Waals surface area contributed by atoms with Crippen LogP contribution >= 0.6 is 23.2 Å². The lowest BCUT2D eigenvalue weighted by Crippen LogP contribution is -2.45. The maximum atomic E-state index is 12.1. The van der Waals surface area contributed by atoms with Crippen molar-refractivity contribution in [2.75, 3.05) is 18.4 Å². The van der Waals surface area contributed by atoms with Crippen molar-refractivity contribution < 1.29 is 9.59 Å². The first-order chi connectivity index (χ1) is 9.47. The van der Waals surface area contributed by atoms with Gasteiger partial charge in [0.2, 0.25) is 5.91 Å². The maximum absolute atomic E-state index is 12.1. The highest BCUT2D eigenvalue weighted by Crippen LogP contribution is 2.23. The summed E-state index contributed by atoms with van der Waals surface area (Å²) in [4.78, 5) is 28.8. The average molecular weight is 317 g/mol. The van der Waals surface area contributed by atoms with Crippen LogP contribution in [0.5, 0.6) is 0 Å². The van der Waals surface area contributed by atoms with Gasteiger partial charge in [-0.3, -0.25) is 10.1 Å². The standard InChI is InChI=1S/C12H14Cl2N4O2/c13-8-4-10(16-5-9(8)14)17-12(20)18-3-1-2-7(6-18)11(15)19/h4-5,7H,1-3,6H2,(H2,15,19)(H,16,17,20)/t7-/m1/s1. The van der Waals surface area contributed by atoms with Gasteiger partial charge in [-0.05, 0) is 12.8 Å². The van der Waals surface area contributed by atoms with E-state index in [4.69, 9.17) is 28.9 Å². The summed E-state index contributed by atoms with van der Waals surface area (Å²) in [5.74, 6) is -0.364. The van der Waals surface area contributed by atoms with Gasteiger partial charge in [0.1, 0.15) is 5.82 Å². The van der Waals surface area contributed by atoms with E-state index in [1.165, 1.54) is 12.3 Å². The van der Waals surface area contributed by atoms with Gasteiger partial charge in [-0.15, -0.1) is 0 Å². The molecule has 3 N–H and O–H groups in total. The van der Waals surface area contributed by atoms with Gasteiger partial charge in [0.05, 0.1) is 16.0 Å². The van der Waals surface area contributed by atoms with Gasteiger partial charge < -0.3 is 10.6 Å². The van der Waals surface area contributed by atoms with Crippen LogP contribution in [-0.4, -0.2) is 34.9 Å². The number of carbonyl (C=O) groups excluding carboxylic acids is 2. The van der Waals surface area contributed by atoms with E-state index in [1.54, 1.807) is 4.90 Å². The summed E-state index contributed by atoms with van der Waals surface area (Å²) in [6.07, 6.45) is 2.82. The van der Waals surface area contributed by atoms with E-state index in [9.17, 15) is 9.59 Å². The lowest BCUT2D eigenvalue weighted by atomic mass is 9.98. The number of urea groups is 1. The Morgan fingerprint density at radius 3 is 2.80 bits per heavy atom. The number of piperidine rings is 1. The SMILES string of the molecule is NC(=O)[C@@H]1CCCN(C(=O)Nc2cc(Cl)c(Cl)cn2)C1. The number of nitrogens with zero attached hydrogens (tertiary/aromatic N) is 2. The molecule has 2 heterocycles. The van der Waals surface area contributed by atoms with Gasteiger partial charge in [0, 0.05) is 25.4 Å². The van der Waals surface area contributed by atoms with Crippen molar-refractivity contribution in [3.05, 3.63) is 22.3 Å². The topological polar surface area (TPSA) is 88.3 Å². The molecule has 8 heteroatoms. The van der Waals surface area contributed by atoms with E-state index in [2.05, 4.69) is 10.3 Å². The van der Waals surface area contributed by atoms with Crippen LogP contribution in [0.4, 0.5) is 10.6 Å². The molecule has 1 aromatic heterocycles. The minimum absolute atomic E-state index is 0.295. The number of amides is 3. The van der Waals surface area contributed by atoms with Crippen molar-refractivity contribution >= 4 is 41.0 Å². The molecule has 0 unspecified atom stereocenters. The largest absolute Gasteiger partial charge is 0.369 e. The molecule has 1 aliphatic heterocycles. The third-order valence-corrected chi connectivity index (χ3v) is 3.87. The number of halogens is 2. The van der Waals surface area contributed by atoms with Crippen molar-refractivity contribution in [2.45, 2.75) is 12.8 Å². The molecular formula is C12H14Cl2N4O2. The number of hydrogen-bond acceptors (Lipinski definition) is 3. The fourth-order valence-electron chi connectivity index (χ4n) is 2.06. The van der Waals surface area contributed by atoms with Gasteiger partial charge in [-0.2, -0.15) is 0 Å². The molecule has 0 aromatic carbocycles. The lowest BCUT2D eigenvalue weighted by molar-refractivity contribution is -0.123. The van der Waals surface area contributed by atoms with Gasteiger partial charge in [-0.1, -0.05) is 23.2 Å². The van der Waals surface area contributed by atoms with Crippen LogP contribution in [-0.2, 0) is 4.79 Å². The van der Waals surface area contributed by atoms with Crippen LogP contribution in [0.15, 0.2) is 12.3 Å². The summed E-state index contributed by atoms with van der Waals surface area (Å²) in [7, 11) is 0. The molecule has 20 heavy (non-hydrogen) atoms. The third-order valence-electron chi connectivity index (χ3n) is 3.15. The number of nitrogens with two attached hydrogens (primary N) is 1. The van der Waals surface area contributed by atoms with Gasteiger partial charge in [-0.25, -0.2) is 9.78 Å². The summed E-state index contributed by atoms with van der Waals surface area (Å²) in [5, 5.41) is 3.25. The Kier molecular flexibility index (Phi) is 4.67. The van der Waals surface area contributed by atoms with Crippen LogP contribution in [0.3, 0.4) is 0 Å². The number of rotatable bonds is 2. The summed E-state index contributed by atoms with van der Waals surface area (Å²) in [5.41, 5.74) is 5.28. The highest BCUT2D eigenvalue weighted by atomic mass is 35.5. The molecule has 1 saturated heterocycles. The summed E-state index contributed by atoms with van der Waals surface area (Å²) in [6, 6.07) is 1.14. The molecule has 0 aliphatic carbocycles. The fourth-order valence-corrected chi connectivity index (χ4v) is 2.32. The van der Waals surface area contributed by atoms with Crippen molar-refractivity contribution in [1.29, 1.82) is 0 Å². The molecule has 0 radical (unpaired) electrons. The minimum Gasteiger partial charge on any atom is -0.369 e. The third kappa shape index (κ3) is 3.52. The Morgan fingerprint density at radius 1 is 1.40 bits per heavy atom. The summed E-state index contributed by atoms with van der Waals surface area (Å²) in [6.45, 7) is 0.902. The van der Waals surface area contributed by atoms with Crippen molar-refractivity contribution in [3.8, 4) is 0 Å². The quantitative estimate of drug-likeness (QED) is 0.875. The molecular weight excluding hydrogens is 303 g/mol. The number of nitrogens with one attached hydrogen (secondary N) is 1. The zero-order valence-electron chi connectivity index (χ0n) is 10.6. The highest BCUT2D eigenvalue weighted by Gasteiger charge is 2.27. The first-order valence-electron chi connectivity index (χ1n) is 6.13. The second kappa shape index (κ2) is 6.28. The molecule has 0 bridgehead atoms. The van der Waals surface area contributed by atoms with Gasteiger partial charge in [0.15, 0.2) is 0 Å². The van der Waals surface area contributed by atoms with Crippen LogP contribution < -0.4 is 11.1 Å². The number of hydrogen-bond donors (Lipinski definition) is 2. The number of likely N-dealkylation sites (tertiary alicyclic amines) is 1. The normalized spacial score (nSPS) is 18.7. The van der Waals surface area contributed by atoms with Crippen LogP contribution in [0, 0.1) is 5.92 Å². The van der Waals surface area contributed by atoms with Crippen LogP contribution in [0.2, 0.25) is 10.0 Å². The second-order valence-corrected chi connectivity index (χ2v) is 5.42. The molecule has 1 aliphatic rings. The number of anilines is 1. The van der Waals surface area contributed by atoms with Gasteiger partial charge >= 0.3 is 6.03 Å². The lowest BCUT2D eigenvalue weighted by Gasteiger charge is -2.31. The maximum Gasteiger partial charge on any atom is 0.323 e. The Hall–Kier alpha value is -1.53. The molecule has 2 rings (SSSR count). The van der Waals surface area contributed by atoms with Crippen LogP contribution in [0.1, 0.15) is 12.8 Å². The number of pyridine rings is 1. The Morgan fingerprint density at radius 2 is 2.15 bits per heavy atom. The molecule has 108 valence electrons. The first-order valence-corrected chi connectivity index (χ1v) is 6.89. The van der Waals surface area contributed by atoms with Gasteiger partial charge in [0.25, 0.3) is 0 Å². The number of primary amides is 1. The summed E-state index contributed by atoms with van der Waals surface area (Å²) >= 11 is 11.6. The van der Waals surface area contributed by atoms with E-state index in [1.807, 2.05) is 0 Å². The Bertz CT molecular complexity index is 538. The zero-order chi connectivity index (χ0) is 14.7. The van der Waals surface area contributed by atoms with Crippen molar-refractivity contribution in [2.24, 2.45) is 11.7 Å².